The fraction of sp³-hybridized carbons (Fsp3) is 0.304. The van der Waals surface area contributed by atoms with Gasteiger partial charge >= 0.3 is 0 Å². The molecule has 1 saturated heterocycles. The predicted octanol–water partition coefficient (Wildman–Crippen LogP) is 6.83. The van der Waals surface area contributed by atoms with Crippen LogP contribution in [0.3, 0.4) is 0 Å². The number of nitrogens with two attached hydrogens (primary N) is 1. The zero-order chi connectivity index (χ0) is 40.6. The molecular formula is C46H47N7O6. The quantitative estimate of drug-likeness (QED) is 0.128. The van der Waals surface area contributed by atoms with E-state index >= 15 is 0 Å². The highest BCUT2D eigenvalue weighted by atomic mass is 16.5. The number of likely N-dealkylation sites (N-methyl/N-ethyl adjacent to an activating group) is 1. The molecule has 0 spiro atoms. The van der Waals surface area contributed by atoms with E-state index in [1.54, 1.807) is 48.3 Å². The number of carbonyl (C=O) groups excluding carboxylic acids is 2. The normalized spacial score (nSPS) is 19.6. The molecule has 2 N–H and O–H groups in total. The van der Waals surface area contributed by atoms with Crippen molar-refractivity contribution < 1.29 is 28.5 Å². The summed E-state index contributed by atoms with van der Waals surface area (Å²) in [4.78, 5) is 45.4. The summed E-state index contributed by atoms with van der Waals surface area (Å²) >= 11 is 0. The molecule has 1 fully saturated rings. The molecule has 13 nitrogen and oxygen atoms in total. The van der Waals surface area contributed by atoms with E-state index in [9.17, 15) is 9.59 Å². The maximum Gasteiger partial charge on any atom is 0.260 e. The summed E-state index contributed by atoms with van der Waals surface area (Å²) in [6.07, 6.45) is 9.33. The van der Waals surface area contributed by atoms with Crippen LogP contribution in [0.5, 0.6) is 23.0 Å². The van der Waals surface area contributed by atoms with Crippen molar-refractivity contribution >= 4 is 58.1 Å². The van der Waals surface area contributed by atoms with Crippen molar-refractivity contribution in [3.8, 4) is 23.0 Å². The summed E-state index contributed by atoms with van der Waals surface area (Å²) in [5.74, 6) is 1.54. The molecule has 0 radical (unpaired) electrons. The molecule has 0 aliphatic carbocycles. The Kier molecular flexibility index (Phi) is 10.3. The Hall–Kier alpha value is -6.60. The molecule has 59 heavy (non-hydrogen) atoms. The standard InChI is InChI=1S/C46H47N7O6/c1-50-12-14-51(15-13-50)34-10-8-29(9-11-34)31-19-35-25-48-39-23-43(41(56-2)21-37(39)45(54)52(35)27-31)58-16-5-17-59-44-24-40-38(22-42(44)57-3)46(55)53-28-32(20-36(53)26-49-40)30-6-4-7-33(47)18-30/h4,6-11,18,21-28,35-36H,5,12-17,19-20,47H2,1-3H3/t35-,36-/m0/s1. The number of carbonyl (C=O) groups is 2. The fourth-order valence-electron chi connectivity index (χ4n) is 8.25. The molecule has 2 amide bonds. The fourth-order valence-corrected chi connectivity index (χ4v) is 8.25. The average Bonchev–Trinajstić information content (AvgIpc) is 3.84. The molecule has 0 saturated carbocycles. The van der Waals surface area contributed by atoms with Gasteiger partial charge in [-0.2, -0.15) is 0 Å². The predicted molar refractivity (Wildman–Crippen MR) is 230 cm³/mol. The van der Waals surface area contributed by atoms with E-state index in [0.717, 1.165) is 48.5 Å². The molecular weight excluding hydrogens is 747 g/mol. The number of hydrogen-bond donors (Lipinski definition) is 1. The maximum absolute atomic E-state index is 13.9. The highest BCUT2D eigenvalue weighted by molar-refractivity contribution is 6.06. The lowest BCUT2D eigenvalue weighted by Crippen LogP contribution is -2.44. The number of piperazine rings is 1. The van der Waals surface area contributed by atoms with Crippen molar-refractivity contribution in [3.63, 3.8) is 0 Å². The molecule has 0 aromatic heterocycles. The molecule has 2 atom stereocenters. The number of amides is 2. The largest absolute Gasteiger partial charge is 0.493 e. The third-order valence-electron chi connectivity index (χ3n) is 11.6. The number of nitrogens with zero attached hydrogens (tertiary/aromatic N) is 6. The molecule has 9 rings (SSSR count). The van der Waals surface area contributed by atoms with Gasteiger partial charge in [-0.1, -0.05) is 24.3 Å². The summed E-state index contributed by atoms with van der Waals surface area (Å²) in [5, 5.41) is 0. The highest BCUT2D eigenvalue weighted by Gasteiger charge is 2.35. The zero-order valence-electron chi connectivity index (χ0n) is 33.5. The van der Waals surface area contributed by atoms with Crippen LogP contribution in [0, 0.1) is 0 Å². The first-order valence-electron chi connectivity index (χ1n) is 20.0. The Labute approximate surface area is 343 Å². The van der Waals surface area contributed by atoms with Gasteiger partial charge in [0.15, 0.2) is 23.0 Å². The number of aliphatic imine (C=N–C) groups is 2. The van der Waals surface area contributed by atoms with Crippen LogP contribution in [0.2, 0.25) is 0 Å². The lowest BCUT2D eigenvalue weighted by atomic mass is 10.0. The Bertz CT molecular complexity index is 2420. The van der Waals surface area contributed by atoms with Crippen molar-refractivity contribution in [2.45, 2.75) is 31.3 Å². The van der Waals surface area contributed by atoms with E-state index in [0.29, 0.717) is 83.7 Å². The topological polar surface area (TPSA) is 135 Å². The van der Waals surface area contributed by atoms with Crippen LogP contribution in [0.15, 0.2) is 95.2 Å². The van der Waals surface area contributed by atoms with Crippen molar-refractivity contribution in [1.29, 1.82) is 0 Å². The van der Waals surface area contributed by atoms with Gasteiger partial charge in [0.05, 0.1) is 62.0 Å². The van der Waals surface area contributed by atoms with Gasteiger partial charge < -0.3 is 44.3 Å². The maximum atomic E-state index is 13.9. The third kappa shape index (κ3) is 7.49. The second-order valence-corrected chi connectivity index (χ2v) is 15.4. The molecule has 0 bridgehead atoms. The lowest BCUT2D eigenvalue weighted by molar-refractivity contribution is 0.0809. The summed E-state index contributed by atoms with van der Waals surface area (Å²) in [6.45, 7) is 4.76. The van der Waals surface area contributed by atoms with Crippen LogP contribution in [0.25, 0.3) is 11.1 Å². The Balaban J connectivity index is 0.826. The average molecular weight is 794 g/mol. The van der Waals surface area contributed by atoms with Gasteiger partial charge in [0.25, 0.3) is 11.8 Å². The van der Waals surface area contributed by atoms with Gasteiger partial charge in [0.1, 0.15) is 0 Å². The minimum atomic E-state index is -0.212. The molecule has 5 aliphatic heterocycles. The van der Waals surface area contributed by atoms with Crippen LogP contribution in [0.4, 0.5) is 22.7 Å². The third-order valence-corrected chi connectivity index (χ3v) is 11.6. The van der Waals surface area contributed by atoms with Gasteiger partial charge in [-0.3, -0.25) is 19.6 Å². The highest BCUT2D eigenvalue weighted by Crippen LogP contribution is 2.42. The van der Waals surface area contributed by atoms with Gasteiger partial charge in [0, 0.05) is 93.8 Å². The van der Waals surface area contributed by atoms with E-state index in [1.165, 1.54) is 5.69 Å². The van der Waals surface area contributed by atoms with Gasteiger partial charge in [0.2, 0.25) is 0 Å². The Morgan fingerprint density at radius 1 is 0.661 bits per heavy atom. The second-order valence-electron chi connectivity index (χ2n) is 15.4. The van der Waals surface area contributed by atoms with E-state index in [1.807, 2.05) is 49.1 Å². The minimum Gasteiger partial charge on any atom is -0.493 e. The SMILES string of the molecule is COc1cc2c(cc1OCCCOc1cc3c(cc1OC)C(=O)N1C=C(c4cccc(N)c4)C[C@H]1C=N3)N=C[C@@H]1CC(c3ccc(N4CCN(C)CC4)cc3)=CN1C2=O. The van der Waals surface area contributed by atoms with Crippen molar-refractivity contribution in [3.05, 3.63) is 107 Å². The van der Waals surface area contributed by atoms with Crippen molar-refractivity contribution in [2.24, 2.45) is 9.98 Å². The first-order valence-corrected chi connectivity index (χ1v) is 20.0. The van der Waals surface area contributed by atoms with Crippen LogP contribution in [0.1, 0.15) is 51.1 Å². The lowest BCUT2D eigenvalue weighted by Gasteiger charge is -2.34. The smallest absolute Gasteiger partial charge is 0.260 e. The number of hydrogen-bond acceptors (Lipinski definition) is 11. The van der Waals surface area contributed by atoms with E-state index in [2.05, 4.69) is 41.1 Å². The second kappa shape index (κ2) is 16.0. The number of nitrogen functional groups attached to an aromatic ring is 1. The van der Waals surface area contributed by atoms with Gasteiger partial charge in [-0.05, 0) is 65.7 Å². The summed E-state index contributed by atoms with van der Waals surface area (Å²) in [5.41, 5.74) is 14.1. The number of fused-ring (bicyclic) bond motifs is 4. The molecule has 5 heterocycles. The first kappa shape index (κ1) is 37.9. The molecule has 4 aromatic rings. The minimum absolute atomic E-state index is 0.134. The van der Waals surface area contributed by atoms with Crippen LogP contribution >= 0.6 is 0 Å². The number of rotatable bonds is 11. The van der Waals surface area contributed by atoms with Crippen LogP contribution < -0.4 is 29.6 Å². The Morgan fingerprint density at radius 2 is 1.20 bits per heavy atom. The monoisotopic (exact) mass is 793 g/mol. The number of ether oxygens (including phenoxy) is 4. The van der Waals surface area contributed by atoms with Crippen LogP contribution in [-0.4, -0.2) is 112 Å². The molecule has 4 aromatic carbocycles. The molecule has 5 aliphatic rings. The zero-order valence-corrected chi connectivity index (χ0v) is 33.5. The van der Waals surface area contributed by atoms with Gasteiger partial charge in [-0.15, -0.1) is 0 Å². The summed E-state index contributed by atoms with van der Waals surface area (Å²) in [7, 11) is 5.26. The Morgan fingerprint density at radius 3 is 1.73 bits per heavy atom. The molecule has 302 valence electrons. The first-order chi connectivity index (χ1) is 28.8. The van der Waals surface area contributed by atoms with E-state index in [4.69, 9.17) is 34.7 Å². The van der Waals surface area contributed by atoms with E-state index in [-0.39, 0.29) is 23.9 Å². The number of benzene rings is 4. The summed E-state index contributed by atoms with van der Waals surface area (Å²) < 4.78 is 23.6. The van der Waals surface area contributed by atoms with E-state index < -0.39 is 0 Å². The van der Waals surface area contributed by atoms with Crippen molar-refractivity contribution in [1.82, 2.24) is 14.7 Å². The number of methoxy groups -OCH3 is 2. The molecule has 0 unspecified atom stereocenters. The number of anilines is 2. The van der Waals surface area contributed by atoms with Crippen LogP contribution in [-0.2, 0) is 0 Å². The van der Waals surface area contributed by atoms with Crippen molar-refractivity contribution in [2.75, 3.05) is 71.3 Å². The molecule has 13 heteroatoms. The summed E-state index contributed by atoms with van der Waals surface area (Å²) in [6, 6.07) is 22.8. The van der Waals surface area contributed by atoms with Gasteiger partial charge in [-0.25, -0.2) is 0 Å².